The van der Waals surface area contributed by atoms with Crippen molar-refractivity contribution in [3.05, 3.63) is 81.5 Å². The highest BCUT2D eigenvalue weighted by atomic mass is 16.6. The van der Waals surface area contributed by atoms with Gasteiger partial charge in [-0.2, -0.15) is 0 Å². The minimum atomic E-state index is -0.680. The first-order valence-electron chi connectivity index (χ1n) is 8.72. The Hall–Kier alpha value is -3.48. The minimum absolute atomic E-state index is 0.0336. The van der Waals surface area contributed by atoms with Crippen LogP contribution in [0.15, 0.2) is 65.9 Å². The molecule has 0 saturated heterocycles. The van der Waals surface area contributed by atoms with Crippen LogP contribution >= 0.6 is 0 Å². The van der Waals surface area contributed by atoms with Crippen molar-refractivity contribution in [1.29, 1.82) is 0 Å². The monoisotopic (exact) mass is 363 g/mol. The van der Waals surface area contributed by atoms with E-state index in [0.717, 1.165) is 0 Å². The normalized spacial score (nSPS) is 19.6. The largest absolute Gasteiger partial charge is 0.327 e. The van der Waals surface area contributed by atoms with Crippen molar-refractivity contribution in [1.82, 2.24) is 5.32 Å². The maximum atomic E-state index is 12.9. The molecule has 0 aromatic heterocycles. The van der Waals surface area contributed by atoms with Crippen molar-refractivity contribution < 1.29 is 14.5 Å². The number of nitro groups is 1. The summed E-state index contributed by atoms with van der Waals surface area (Å²) in [5.41, 5.74) is 2.35. The number of carbonyl (C=O) groups is 2. The van der Waals surface area contributed by atoms with Gasteiger partial charge in [0.25, 0.3) is 5.69 Å². The Bertz CT molecular complexity index is 968. The van der Waals surface area contributed by atoms with Gasteiger partial charge in [0.15, 0.2) is 5.78 Å². The Morgan fingerprint density at radius 2 is 1.81 bits per heavy atom. The molecule has 2 aliphatic rings. The molecule has 1 heterocycles. The summed E-state index contributed by atoms with van der Waals surface area (Å²) in [6, 6.07) is 14.2. The molecule has 0 radical (unpaired) electrons. The molecule has 0 saturated carbocycles. The molecule has 1 atom stereocenters. The summed E-state index contributed by atoms with van der Waals surface area (Å²) in [5.74, 6) is -0.0336. The van der Waals surface area contributed by atoms with Crippen LogP contribution in [0.5, 0.6) is 0 Å². The molecule has 0 unspecified atom stereocenters. The van der Waals surface area contributed by atoms with E-state index in [1.165, 1.54) is 12.1 Å². The Morgan fingerprint density at radius 3 is 2.56 bits per heavy atom. The van der Waals surface area contributed by atoms with Crippen LogP contribution in [0.3, 0.4) is 0 Å². The molecule has 27 heavy (non-hydrogen) atoms. The highest BCUT2D eigenvalue weighted by molar-refractivity contribution is 6.06. The van der Waals surface area contributed by atoms with E-state index in [-0.39, 0.29) is 17.5 Å². The van der Waals surface area contributed by atoms with Gasteiger partial charge < -0.3 is 5.32 Å². The Balaban J connectivity index is 1.85. The van der Waals surface area contributed by atoms with E-state index in [1.807, 2.05) is 30.3 Å². The minimum Gasteiger partial charge on any atom is -0.326 e. The van der Waals surface area contributed by atoms with E-state index in [1.54, 1.807) is 17.0 Å². The SMILES string of the molecule is O=C1CCCC2=C1[C@@H](c1cccc([N+](=O)[O-])c1)NC(=O)N2c1ccccc1. The zero-order valence-electron chi connectivity index (χ0n) is 14.4. The fourth-order valence-corrected chi connectivity index (χ4v) is 3.71. The van der Waals surface area contributed by atoms with Crippen LogP contribution in [-0.4, -0.2) is 16.7 Å². The molecule has 0 spiro atoms. The van der Waals surface area contributed by atoms with Crippen LogP contribution in [0.4, 0.5) is 16.2 Å². The lowest BCUT2D eigenvalue weighted by Gasteiger charge is -2.39. The Morgan fingerprint density at radius 1 is 1.04 bits per heavy atom. The molecule has 136 valence electrons. The van der Waals surface area contributed by atoms with Crippen LogP contribution in [0.1, 0.15) is 30.9 Å². The lowest BCUT2D eigenvalue weighted by molar-refractivity contribution is -0.384. The van der Waals surface area contributed by atoms with E-state index in [4.69, 9.17) is 0 Å². The lowest BCUT2D eigenvalue weighted by Crippen LogP contribution is -2.49. The van der Waals surface area contributed by atoms with Gasteiger partial charge >= 0.3 is 6.03 Å². The number of carbonyl (C=O) groups excluding carboxylic acids is 2. The van der Waals surface area contributed by atoms with Crippen LogP contribution in [0.25, 0.3) is 0 Å². The molecule has 2 amide bonds. The summed E-state index contributed by atoms with van der Waals surface area (Å²) >= 11 is 0. The first kappa shape index (κ1) is 17.0. The first-order chi connectivity index (χ1) is 13.1. The number of hydrogen-bond acceptors (Lipinski definition) is 4. The van der Waals surface area contributed by atoms with Crippen molar-refractivity contribution in [3.8, 4) is 0 Å². The first-order valence-corrected chi connectivity index (χ1v) is 8.72. The van der Waals surface area contributed by atoms with Crippen LogP contribution in [0.2, 0.25) is 0 Å². The summed E-state index contributed by atoms with van der Waals surface area (Å²) in [6.45, 7) is 0. The summed E-state index contributed by atoms with van der Waals surface area (Å²) in [6.07, 6.45) is 1.69. The fourth-order valence-electron chi connectivity index (χ4n) is 3.71. The number of anilines is 1. The number of para-hydroxylation sites is 1. The van der Waals surface area contributed by atoms with Gasteiger partial charge in [-0.25, -0.2) is 4.79 Å². The second kappa shape index (κ2) is 6.68. The summed E-state index contributed by atoms with van der Waals surface area (Å²) in [5, 5.41) is 14.0. The maximum absolute atomic E-state index is 12.9. The Kier molecular flexibility index (Phi) is 4.19. The van der Waals surface area contributed by atoms with Crippen molar-refractivity contribution >= 4 is 23.2 Å². The predicted molar refractivity (Wildman–Crippen MR) is 99.2 cm³/mol. The van der Waals surface area contributed by atoms with Gasteiger partial charge in [-0.05, 0) is 30.5 Å². The molecule has 7 heteroatoms. The van der Waals surface area contributed by atoms with Gasteiger partial charge in [-0.1, -0.05) is 30.3 Å². The van der Waals surface area contributed by atoms with E-state index in [2.05, 4.69) is 5.32 Å². The number of rotatable bonds is 3. The topological polar surface area (TPSA) is 92.5 Å². The smallest absolute Gasteiger partial charge is 0.326 e. The summed E-state index contributed by atoms with van der Waals surface area (Å²) in [4.78, 5) is 37.8. The average Bonchev–Trinajstić information content (AvgIpc) is 2.68. The van der Waals surface area contributed by atoms with Gasteiger partial charge in [0.2, 0.25) is 0 Å². The quantitative estimate of drug-likeness (QED) is 0.662. The number of Topliss-reactive ketones (excluding diaryl/α,β-unsaturated/α-hetero) is 1. The second-order valence-electron chi connectivity index (χ2n) is 6.54. The summed E-state index contributed by atoms with van der Waals surface area (Å²) in [7, 11) is 0. The van der Waals surface area contributed by atoms with Gasteiger partial charge in [0.05, 0.1) is 16.7 Å². The van der Waals surface area contributed by atoms with Gasteiger partial charge in [0.1, 0.15) is 0 Å². The predicted octanol–water partition coefficient (Wildman–Crippen LogP) is 3.87. The highest BCUT2D eigenvalue weighted by Crippen LogP contribution is 2.39. The number of urea groups is 1. The van der Waals surface area contributed by atoms with Crippen molar-refractivity contribution in [3.63, 3.8) is 0 Å². The van der Waals surface area contributed by atoms with Crippen LogP contribution < -0.4 is 10.2 Å². The molecule has 2 aromatic rings. The molecule has 7 nitrogen and oxygen atoms in total. The Labute approximate surface area is 155 Å². The van der Waals surface area contributed by atoms with Crippen molar-refractivity contribution in [2.45, 2.75) is 25.3 Å². The molecule has 1 aliphatic heterocycles. The number of benzene rings is 2. The molecule has 2 aromatic carbocycles. The standard InChI is InChI=1S/C20H17N3O4/c24-17-11-5-10-16-18(17)19(13-6-4-9-15(12-13)23(26)27)21-20(25)22(16)14-7-2-1-3-8-14/h1-4,6-9,12,19H,5,10-11H2,(H,21,25)/t19-/m1/s1. The van der Waals surface area contributed by atoms with Crippen LogP contribution in [-0.2, 0) is 4.79 Å². The van der Waals surface area contributed by atoms with Gasteiger partial charge in [-0.3, -0.25) is 19.8 Å². The molecular formula is C20H17N3O4. The lowest BCUT2D eigenvalue weighted by atomic mass is 9.84. The number of nitrogens with zero attached hydrogens (tertiary/aromatic N) is 2. The van der Waals surface area contributed by atoms with E-state index < -0.39 is 11.0 Å². The number of hydrogen-bond donors (Lipinski definition) is 1. The molecule has 1 aliphatic carbocycles. The van der Waals surface area contributed by atoms with Gasteiger partial charge in [0, 0.05) is 29.8 Å². The zero-order chi connectivity index (χ0) is 19.0. The number of amides is 2. The number of non-ortho nitro benzene ring substituents is 1. The molecular weight excluding hydrogens is 346 g/mol. The van der Waals surface area contributed by atoms with Crippen molar-refractivity contribution in [2.24, 2.45) is 0 Å². The number of nitrogens with one attached hydrogen (secondary N) is 1. The van der Waals surface area contributed by atoms with Crippen LogP contribution in [0, 0.1) is 10.1 Å². The molecule has 4 rings (SSSR count). The molecule has 0 bridgehead atoms. The van der Waals surface area contributed by atoms with E-state index in [0.29, 0.717) is 41.8 Å². The average molecular weight is 363 g/mol. The number of ketones is 1. The third kappa shape index (κ3) is 2.97. The zero-order valence-corrected chi connectivity index (χ0v) is 14.4. The fraction of sp³-hybridized carbons (Fsp3) is 0.200. The number of nitro benzene ring substituents is 1. The maximum Gasteiger partial charge on any atom is 0.327 e. The second-order valence-corrected chi connectivity index (χ2v) is 6.54. The third-order valence-electron chi connectivity index (χ3n) is 4.89. The molecule has 0 fully saturated rings. The van der Waals surface area contributed by atoms with E-state index >= 15 is 0 Å². The number of allylic oxidation sites excluding steroid dienone is 1. The third-order valence-corrected chi connectivity index (χ3v) is 4.89. The summed E-state index contributed by atoms with van der Waals surface area (Å²) < 4.78 is 0. The molecule has 1 N–H and O–H groups in total. The van der Waals surface area contributed by atoms with Crippen molar-refractivity contribution in [2.75, 3.05) is 4.90 Å². The highest BCUT2D eigenvalue weighted by Gasteiger charge is 2.39. The van der Waals surface area contributed by atoms with E-state index in [9.17, 15) is 19.7 Å². The van der Waals surface area contributed by atoms with Gasteiger partial charge in [-0.15, -0.1) is 0 Å².